The van der Waals surface area contributed by atoms with Crippen molar-refractivity contribution in [1.29, 1.82) is 0 Å². The van der Waals surface area contributed by atoms with Crippen LogP contribution < -0.4 is 0 Å². The van der Waals surface area contributed by atoms with Crippen LogP contribution >= 0.6 is 0 Å². The molecular weight excluding hydrogens is 260 g/mol. The van der Waals surface area contributed by atoms with Crippen molar-refractivity contribution < 1.29 is 28.2 Å². The van der Waals surface area contributed by atoms with Crippen LogP contribution in [-0.4, -0.2) is 53.6 Å². The molecule has 0 aromatic rings. The molecule has 1 saturated heterocycles. The van der Waals surface area contributed by atoms with Gasteiger partial charge in [0, 0.05) is 0 Å². The third-order valence-corrected chi connectivity index (χ3v) is 3.60. The lowest BCUT2D eigenvalue weighted by atomic mass is 9.93. The van der Waals surface area contributed by atoms with Gasteiger partial charge in [0.05, 0.1) is 37.6 Å². The minimum Gasteiger partial charge on any atom is -0.466 e. The zero-order valence-electron chi connectivity index (χ0n) is 10.6. The summed E-state index contributed by atoms with van der Waals surface area (Å²) in [6.07, 6.45) is -0.478. The van der Waals surface area contributed by atoms with Gasteiger partial charge in [-0.15, -0.1) is 0 Å². The first-order valence-electron chi connectivity index (χ1n) is 6.35. The molecule has 2 aliphatic rings. The summed E-state index contributed by atoms with van der Waals surface area (Å²) in [5.41, 5.74) is 0. The summed E-state index contributed by atoms with van der Waals surface area (Å²) in [5.74, 6) is -5.32. The highest BCUT2D eigenvalue weighted by atomic mass is 19.3. The lowest BCUT2D eigenvalue weighted by molar-refractivity contribution is -0.173. The number of halogens is 2. The van der Waals surface area contributed by atoms with Gasteiger partial charge in [-0.2, -0.15) is 0 Å². The van der Waals surface area contributed by atoms with E-state index in [1.807, 2.05) is 0 Å². The number of hydrogen-bond donors (Lipinski definition) is 1. The Kier molecular flexibility index (Phi) is 3.75. The maximum Gasteiger partial charge on any atom is 0.309 e. The van der Waals surface area contributed by atoms with Gasteiger partial charge in [0.15, 0.2) is 0 Å². The second-order valence-electron chi connectivity index (χ2n) is 5.14. The van der Waals surface area contributed by atoms with Crippen molar-refractivity contribution in [3.8, 4) is 0 Å². The first-order valence-corrected chi connectivity index (χ1v) is 6.35. The zero-order chi connectivity index (χ0) is 14.2. The van der Waals surface area contributed by atoms with Crippen molar-refractivity contribution in [2.75, 3.05) is 19.7 Å². The Hall–Kier alpha value is -1.24. The summed E-state index contributed by atoms with van der Waals surface area (Å²) in [7, 11) is 0. The average molecular weight is 277 g/mol. The normalized spacial score (nSPS) is 32.8. The van der Waals surface area contributed by atoms with Crippen LogP contribution in [-0.2, 0) is 14.3 Å². The third kappa shape index (κ3) is 2.86. The number of carbonyl (C=O) groups is 2. The predicted octanol–water partition coefficient (Wildman–Crippen LogP) is 0.414. The lowest BCUT2D eigenvalue weighted by Crippen LogP contribution is -2.60. The van der Waals surface area contributed by atoms with Crippen molar-refractivity contribution in [3.05, 3.63) is 0 Å². The average Bonchev–Trinajstić information content (AvgIpc) is 2.67. The summed E-state index contributed by atoms with van der Waals surface area (Å²) in [5, 5.41) is 9.58. The van der Waals surface area contributed by atoms with Crippen LogP contribution in [0, 0.1) is 11.8 Å². The molecule has 1 amide bonds. The van der Waals surface area contributed by atoms with E-state index in [2.05, 4.69) is 0 Å². The number of amides is 1. The van der Waals surface area contributed by atoms with E-state index in [0.29, 0.717) is 0 Å². The number of hydrogen-bond acceptors (Lipinski definition) is 4. The van der Waals surface area contributed by atoms with E-state index in [9.17, 15) is 23.5 Å². The lowest BCUT2D eigenvalue weighted by Gasteiger charge is -2.40. The molecular formula is C12H17F2NO4. The highest BCUT2D eigenvalue weighted by molar-refractivity contribution is 5.86. The van der Waals surface area contributed by atoms with E-state index in [1.54, 1.807) is 6.92 Å². The number of nitrogens with zero attached hydrogens (tertiary/aromatic N) is 1. The van der Waals surface area contributed by atoms with Crippen LogP contribution in [0.15, 0.2) is 0 Å². The number of likely N-dealkylation sites (tertiary alicyclic amines) is 1. The highest BCUT2D eigenvalue weighted by Crippen LogP contribution is 2.37. The number of ether oxygens (including phenoxy) is 1. The summed E-state index contributed by atoms with van der Waals surface area (Å²) in [6.45, 7) is 0.631. The molecule has 1 saturated carbocycles. The summed E-state index contributed by atoms with van der Waals surface area (Å²) < 4.78 is 30.4. The van der Waals surface area contributed by atoms with Crippen molar-refractivity contribution in [2.24, 2.45) is 11.8 Å². The number of alkyl halides is 2. The van der Waals surface area contributed by atoms with E-state index in [1.165, 1.54) is 0 Å². The number of carbonyl (C=O) groups excluding carboxylic acids is 2. The summed E-state index contributed by atoms with van der Waals surface area (Å²) in [6, 6.07) is 0. The molecule has 108 valence electrons. The van der Waals surface area contributed by atoms with Gasteiger partial charge in [-0.05, 0) is 19.8 Å². The molecule has 0 aromatic heterocycles. The number of rotatable bonds is 3. The van der Waals surface area contributed by atoms with Gasteiger partial charge in [-0.25, -0.2) is 8.78 Å². The molecule has 1 aliphatic carbocycles. The minimum atomic E-state index is -2.83. The molecule has 3 atom stereocenters. The van der Waals surface area contributed by atoms with Crippen molar-refractivity contribution in [3.63, 3.8) is 0 Å². The van der Waals surface area contributed by atoms with E-state index in [0.717, 1.165) is 4.90 Å². The number of aliphatic hydroxyl groups is 1. The maximum atomic E-state index is 12.8. The van der Waals surface area contributed by atoms with Crippen LogP contribution in [0.3, 0.4) is 0 Å². The molecule has 0 bridgehead atoms. The topological polar surface area (TPSA) is 66.8 Å². The van der Waals surface area contributed by atoms with Crippen molar-refractivity contribution in [1.82, 2.24) is 4.90 Å². The second-order valence-corrected chi connectivity index (χ2v) is 5.14. The molecule has 19 heavy (non-hydrogen) atoms. The van der Waals surface area contributed by atoms with Crippen LogP contribution in [0.5, 0.6) is 0 Å². The zero-order valence-corrected chi connectivity index (χ0v) is 10.6. The standard InChI is InChI=1S/C12H17F2NO4/c1-2-19-11(18)9-4-7(16)3-8(9)10(17)15-5-12(13,14)6-15/h7-9,16H,2-6H2,1H3/t7-,8-,9-/m1/s1. The molecule has 0 aromatic carbocycles. The van der Waals surface area contributed by atoms with E-state index in [-0.39, 0.29) is 19.4 Å². The van der Waals surface area contributed by atoms with E-state index in [4.69, 9.17) is 4.74 Å². The van der Waals surface area contributed by atoms with Crippen LogP contribution in [0.2, 0.25) is 0 Å². The second kappa shape index (κ2) is 5.03. The van der Waals surface area contributed by atoms with Crippen LogP contribution in [0.25, 0.3) is 0 Å². The molecule has 0 spiro atoms. The Balaban J connectivity index is 2.01. The molecule has 5 nitrogen and oxygen atoms in total. The molecule has 2 fully saturated rings. The highest BCUT2D eigenvalue weighted by Gasteiger charge is 2.51. The fourth-order valence-corrected chi connectivity index (χ4v) is 2.70. The van der Waals surface area contributed by atoms with Gasteiger partial charge in [-0.1, -0.05) is 0 Å². The fraction of sp³-hybridized carbons (Fsp3) is 0.833. The molecule has 7 heteroatoms. The van der Waals surface area contributed by atoms with Gasteiger partial charge in [0.25, 0.3) is 5.92 Å². The minimum absolute atomic E-state index is 0.129. The Morgan fingerprint density at radius 3 is 2.42 bits per heavy atom. The molecule has 1 aliphatic heterocycles. The van der Waals surface area contributed by atoms with Crippen LogP contribution in [0.1, 0.15) is 19.8 Å². The quantitative estimate of drug-likeness (QED) is 0.759. The Bertz CT molecular complexity index is 380. The number of esters is 1. The fourth-order valence-electron chi connectivity index (χ4n) is 2.70. The number of aliphatic hydroxyl groups excluding tert-OH is 1. The van der Waals surface area contributed by atoms with Gasteiger partial charge in [0.1, 0.15) is 0 Å². The largest absolute Gasteiger partial charge is 0.466 e. The van der Waals surface area contributed by atoms with E-state index < -0.39 is 48.8 Å². The Morgan fingerprint density at radius 2 is 1.89 bits per heavy atom. The van der Waals surface area contributed by atoms with Crippen molar-refractivity contribution in [2.45, 2.75) is 31.8 Å². The van der Waals surface area contributed by atoms with Gasteiger partial charge < -0.3 is 14.7 Å². The van der Waals surface area contributed by atoms with Crippen LogP contribution in [0.4, 0.5) is 8.78 Å². The van der Waals surface area contributed by atoms with Gasteiger partial charge >= 0.3 is 5.97 Å². The molecule has 2 rings (SSSR count). The monoisotopic (exact) mass is 277 g/mol. The first-order chi connectivity index (χ1) is 8.84. The van der Waals surface area contributed by atoms with Crippen molar-refractivity contribution >= 4 is 11.9 Å². The molecule has 1 heterocycles. The maximum absolute atomic E-state index is 12.8. The summed E-state index contributed by atoms with van der Waals surface area (Å²) >= 11 is 0. The predicted molar refractivity (Wildman–Crippen MR) is 60.4 cm³/mol. The SMILES string of the molecule is CCOC(=O)[C@@H]1C[C@H](O)C[C@H]1C(=O)N1CC(F)(F)C1. The molecule has 1 N–H and O–H groups in total. The van der Waals surface area contributed by atoms with Gasteiger partial charge in [-0.3, -0.25) is 9.59 Å². The Labute approximate surface area is 109 Å². The van der Waals surface area contributed by atoms with Gasteiger partial charge in [0.2, 0.25) is 5.91 Å². The Morgan fingerprint density at radius 1 is 1.32 bits per heavy atom. The molecule has 0 unspecified atom stereocenters. The summed E-state index contributed by atoms with van der Waals surface area (Å²) in [4.78, 5) is 24.8. The smallest absolute Gasteiger partial charge is 0.309 e. The third-order valence-electron chi connectivity index (χ3n) is 3.60. The first kappa shape index (κ1) is 14.2. The van der Waals surface area contributed by atoms with E-state index >= 15 is 0 Å². The molecule has 0 radical (unpaired) electrons.